The van der Waals surface area contributed by atoms with Gasteiger partial charge in [-0.25, -0.2) is 0 Å². The highest BCUT2D eigenvalue weighted by atomic mass is 16.6. The lowest BCUT2D eigenvalue weighted by atomic mass is 9.49. The summed E-state index contributed by atoms with van der Waals surface area (Å²) in [5.41, 5.74) is 0.603. The number of ether oxygens (including phenoxy) is 1. The summed E-state index contributed by atoms with van der Waals surface area (Å²) >= 11 is 0. The Bertz CT molecular complexity index is 477. The molecule has 4 bridgehead atoms. The molecule has 4 rings (SSSR count). The summed E-state index contributed by atoms with van der Waals surface area (Å²) in [5, 5.41) is 0. The zero-order chi connectivity index (χ0) is 16.7. The third-order valence-corrected chi connectivity index (χ3v) is 6.42. The van der Waals surface area contributed by atoms with Gasteiger partial charge in [-0.15, -0.1) is 0 Å². The molecule has 0 N–H and O–H groups in total. The fourth-order valence-corrected chi connectivity index (χ4v) is 5.52. The van der Waals surface area contributed by atoms with Gasteiger partial charge in [0.25, 0.3) is 0 Å². The standard InChI is InChI=1S/C21H32O2/c1-5-20(4,8-6-7-15(2)3)23-19(22)21-12-16-9-17(13-21)11-18(10-16)14-21/h5,7,16-18H,1,6,8-14H2,2-4H3. The lowest BCUT2D eigenvalue weighted by Crippen LogP contribution is -2.52. The van der Waals surface area contributed by atoms with Gasteiger partial charge in [0.05, 0.1) is 5.41 Å². The summed E-state index contributed by atoms with van der Waals surface area (Å²) in [5.74, 6) is 2.38. The summed E-state index contributed by atoms with van der Waals surface area (Å²) in [7, 11) is 0. The Morgan fingerprint density at radius 3 is 2.13 bits per heavy atom. The Kier molecular flexibility index (Phi) is 4.46. The molecule has 0 radical (unpaired) electrons. The van der Waals surface area contributed by atoms with E-state index in [0.717, 1.165) is 49.9 Å². The van der Waals surface area contributed by atoms with Crippen molar-refractivity contribution in [2.24, 2.45) is 23.2 Å². The van der Waals surface area contributed by atoms with Crippen LogP contribution >= 0.6 is 0 Å². The highest BCUT2D eigenvalue weighted by Gasteiger charge is 2.56. The van der Waals surface area contributed by atoms with Gasteiger partial charge in [0.1, 0.15) is 5.60 Å². The van der Waals surface area contributed by atoms with E-state index >= 15 is 0 Å². The van der Waals surface area contributed by atoms with Crippen LogP contribution in [-0.4, -0.2) is 11.6 Å². The predicted molar refractivity (Wildman–Crippen MR) is 94.0 cm³/mol. The smallest absolute Gasteiger partial charge is 0.312 e. The van der Waals surface area contributed by atoms with Gasteiger partial charge in [-0.2, -0.15) is 0 Å². The Labute approximate surface area is 141 Å². The topological polar surface area (TPSA) is 26.3 Å². The van der Waals surface area contributed by atoms with Crippen LogP contribution in [0.4, 0.5) is 0 Å². The van der Waals surface area contributed by atoms with E-state index in [1.54, 1.807) is 0 Å². The van der Waals surface area contributed by atoms with Crippen LogP contribution in [0.25, 0.3) is 0 Å². The number of esters is 1. The minimum Gasteiger partial charge on any atom is -0.455 e. The van der Waals surface area contributed by atoms with Gasteiger partial charge in [-0.1, -0.05) is 18.2 Å². The Morgan fingerprint density at radius 1 is 1.17 bits per heavy atom. The summed E-state index contributed by atoms with van der Waals surface area (Å²) in [6.45, 7) is 10.2. The highest BCUT2D eigenvalue weighted by molar-refractivity contribution is 5.78. The minimum absolute atomic E-state index is 0.0659. The van der Waals surface area contributed by atoms with Crippen molar-refractivity contribution in [3.05, 3.63) is 24.3 Å². The first kappa shape index (κ1) is 16.8. The predicted octanol–water partition coefficient (Wildman–Crippen LogP) is 5.44. The van der Waals surface area contributed by atoms with Crippen LogP contribution in [0.15, 0.2) is 24.3 Å². The maximum Gasteiger partial charge on any atom is 0.312 e. The van der Waals surface area contributed by atoms with Crippen molar-refractivity contribution in [2.75, 3.05) is 0 Å². The molecule has 23 heavy (non-hydrogen) atoms. The Morgan fingerprint density at radius 2 is 1.70 bits per heavy atom. The summed E-state index contributed by atoms with van der Waals surface area (Å²) in [6.07, 6.45) is 13.0. The molecule has 1 atom stereocenters. The van der Waals surface area contributed by atoms with Crippen molar-refractivity contribution in [1.82, 2.24) is 0 Å². The van der Waals surface area contributed by atoms with Crippen LogP contribution in [0.2, 0.25) is 0 Å². The first-order valence-electron chi connectivity index (χ1n) is 9.34. The molecule has 0 heterocycles. The summed E-state index contributed by atoms with van der Waals surface area (Å²) < 4.78 is 6.07. The van der Waals surface area contributed by atoms with E-state index in [4.69, 9.17) is 4.74 Å². The largest absolute Gasteiger partial charge is 0.455 e. The third kappa shape index (κ3) is 3.41. The summed E-state index contributed by atoms with van der Waals surface area (Å²) in [6, 6.07) is 0. The monoisotopic (exact) mass is 316 g/mol. The molecule has 0 saturated heterocycles. The van der Waals surface area contributed by atoms with Crippen LogP contribution < -0.4 is 0 Å². The highest BCUT2D eigenvalue weighted by Crippen LogP contribution is 2.60. The Balaban J connectivity index is 1.67. The van der Waals surface area contributed by atoms with Gasteiger partial charge >= 0.3 is 5.97 Å². The average Bonchev–Trinajstić information content (AvgIpc) is 2.45. The van der Waals surface area contributed by atoms with E-state index in [0.29, 0.717) is 0 Å². The molecule has 4 aliphatic carbocycles. The van der Waals surface area contributed by atoms with Crippen molar-refractivity contribution >= 4 is 5.97 Å². The van der Waals surface area contributed by atoms with Gasteiger partial charge in [0, 0.05) is 0 Å². The molecule has 0 aromatic rings. The molecule has 4 saturated carbocycles. The normalized spacial score (nSPS) is 37.1. The fourth-order valence-electron chi connectivity index (χ4n) is 5.52. The number of allylic oxidation sites excluding steroid dienone is 2. The van der Waals surface area contributed by atoms with Gasteiger partial charge in [0.15, 0.2) is 0 Å². The summed E-state index contributed by atoms with van der Waals surface area (Å²) in [4.78, 5) is 13.1. The molecular formula is C21H32O2. The molecule has 0 aromatic heterocycles. The molecule has 2 nitrogen and oxygen atoms in total. The molecule has 0 aromatic carbocycles. The molecule has 2 heteroatoms. The molecule has 4 fully saturated rings. The molecule has 128 valence electrons. The second kappa shape index (κ2) is 6.11. The first-order chi connectivity index (χ1) is 10.8. The number of carbonyl (C=O) groups is 1. The van der Waals surface area contributed by atoms with E-state index in [1.165, 1.54) is 24.8 Å². The lowest BCUT2D eigenvalue weighted by Gasteiger charge is -2.55. The van der Waals surface area contributed by atoms with Gasteiger partial charge in [-0.3, -0.25) is 4.79 Å². The SMILES string of the molecule is C=CC(C)(CCC=C(C)C)OC(=O)C12CC3CC(CC(C3)C1)C2. The molecule has 4 aliphatic rings. The number of carbonyl (C=O) groups excluding carboxylic acids is 1. The number of hydrogen-bond donors (Lipinski definition) is 0. The second-order valence-electron chi connectivity index (χ2n) is 8.92. The molecule has 0 amide bonds. The van der Waals surface area contributed by atoms with Crippen LogP contribution in [0.5, 0.6) is 0 Å². The van der Waals surface area contributed by atoms with Crippen molar-refractivity contribution in [3.8, 4) is 0 Å². The van der Waals surface area contributed by atoms with Crippen molar-refractivity contribution in [1.29, 1.82) is 0 Å². The number of rotatable bonds is 6. The Hall–Kier alpha value is -1.05. The van der Waals surface area contributed by atoms with E-state index < -0.39 is 5.60 Å². The van der Waals surface area contributed by atoms with Gasteiger partial charge in [-0.05, 0) is 96.0 Å². The van der Waals surface area contributed by atoms with Gasteiger partial charge < -0.3 is 4.74 Å². The molecular weight excluding hydrogens is 284 g/mol. The average molecular weight is 316 g/mol. The van der Waals surface area contributed by atoms with Crippen molar-refractivity contribution in [3.63, 3.8) is 0 Å². The quantitative estimate of drug-likeness (QED) is 0.482. The first-order valence-corrected chi connectivity index (χ1v) is 9.34. The zero-order valence-electron chi connectivity index (χ0n) is 15.1. The van der Waals surface area contributed by atoms with Crippen molar-refractivity contribution < 1.29 is 9.53 Å². The van der Waals surface area contributed by atoms with Crippen molar-refractivity contribution in [2.45, 2.75) is 77.7 Å². The van der Waals surface area contributed by atoms with Crippen LogP contribution in [0, 0.1) is 23.2 Å². The maximum atomic E-state index is 13.1. The second-order valence-corrected chi connectivity index (χ2v) is 8.92. The lowest BCUT2D eigenvalue weighted by molar-refractivity contribution is -0.182. The molecule has 0 aliphatic heterocycles. The van der Waals surface area contributed by atoms with Crippen LogP contribution in [0.1, 0.15) is 72.1 Å². The van der Waals surface area contributed by atoms with E-state index in [1.807, 2.05) is 13.0 Å². The van der Waals surface area contributed by atoms with Gasteiger partial charge in [0.2, 0.25) is 0 Å². The van der Waals surface area contributed by atoms with E-state index in [-0.39, 0.29) is 11.4 Å². The molecule has 0 spiro atoms. The van der Waals surface area contributed by atoms with E-state index in [9.17, 15) is 4.79 Å². The zero-order valence-corrected chi connectivity index (χ0v) is 15.1. The van der Waals surface area contributed by atoms with Crippen LogP contribution in [0.3, 0.4) is 0 Å². The number of hydrogen-bond acceptors (Lipinski definition) is 2. The fraction of sp³-hybridized carbons (Fsp3) is 0.762. The minimum atomic E-state index is -0.535. The third-order valence-electron chi connectivity index (χ3n) is 6.42. The maximum absolute atomic E-state index is 13.1. The molecule has 1 unspecified atom stereocenters. The van der Waals surface area contributed by atoms with E-state index in [2.05, 4.69) is 26.5 Å². The van der Waals surface area contributed by atoms with Crippen LogP contribution in [-0.2, 0) is 9.53 Å².